The number of likely N-dealkylation sites (tertiary alicyclic amines) is 1. The predicted octanol–water partition coefficient (Wildman–Crippen LogP) is 0.405. The monoisotopic (exact) mass is 255 g/mol. The molecular formula is C10H17N5OS. The van der Waals surface area contributed by atoms with Gasteiger partial charge in [0, 0.05) is 20.1 Å². The van der Waals surface area contributed by atoms with E-state index < -0.39 is 0 Å². The molecule has 0 unspecified atom stereocenters. The highest BCUT2D eigenvalue weighted by atomic mass is 32.1. The highest BCUT2D eigenvalue weighted by Gasteiger charge is 2.14. The van der Waals surface area contributed by atoms with Crippen molar-refractivity contribution in [3.8, 4) is 0 Å². The lowest BCUT2D eigenvalue weighted by Crippen LogP contribution is -2.33. The molecule has 0 spiro atoms. The molecule has 1 aliphatic heterocycles. The third-order valence-corrected chi connectivity index (χ3v) is 3.68. The Hall–Kier alpha value is -1.21. The van der Waals surface area contributed by atoms with E-state index in [0.29, 0.717) is 16.7 Å². The second-order valence-electron chi connectivity index (χ2n) is 3.97. The second-order valence-corrected chi connectivity index (χ2v) is 4.94. The fourth-order valence-corrected chi connectivity index (χ4v) is 2.44. The van der Waals surface area contributed by atoms with Crippen molar-refractivity contribution in [2.45, 2.75) is 12.8 Å². The summed E-state index contributed by atoms with van der Waals surface area (Å²) in [6.07, 6.45) is 2.55. The fraction of sp³-hybridized carbons (Fsp3) is 0.700. The Morgan fingerprint density at radius 3 is 2.82 bits per heavy atom. The van der Waals surface area contributed by atoms with Crippen molar-refractivity contribution in [2.75, 3.05) is 38.5 Å². The van der Waals surface area contributed by atoms with Gasteiger partial charge in [-0.05, 0) is 25.9 Å². The van der Waals surface area contributed by atoms with Crippen LogP contribution in [0, 0.1) is 0 Å². The predicted molar refractivity (Wildman–Crippen MR) is 67.5 cm³/mol. The molecule has 6 nitrogen and oxygen atoms in total. The summed E-state index contributed by atoms with van der Waals surface area (Å²) in [7, 11) is 1.76. The summed E-state index contributed by atoms with van der Waals surface area (Å²) in [5.74, 6) is -0.136. The number of carbonyl (C=O) groups is 1. The first-order chi connectivity index (χ1) is 8.29. The number of aromatic nitrogens is 2. The molecule has 0 atom stereocenters. The summed E-state index contributed by atoms with van der Waals surface area (Å²) < 4.78 is 0. The van der Waals surface area contributed by atoms with Crippen LogP contribution < -0.4 is 10.6 Å². The number of carbonyl (C=O) groups excluding carboxylic acids is 1. The minimum Gasteiger partial charge on any atom is -0.363 e. The van der Waals surface area contributed by atoms with Crippen molar-refractivity contribution in [1.82, 2.24) is 20.4 Å². The summed E-state index contributed by atoms with van der Waals surface area (Å²) in [4.78, 5) is 14.1. The van der Waals surface area contributed by atoms with Crippen molar-refractivity contribution in [1.29, 1.82) is 0 Å². The van der Waals surface area contributed by atoms with Crippen molar-refractivity contribution in [3.05, 3.63) is 5.01 Å². The van der Waals surface area contributed by atoms with Crippen LogP contribution in [-0.2, 0) is 0 Å². The highest BCUT2D eigenvalue weighted by molar-refractivity contribution is 7.17. The lowest BCUT2D eigenvalue weighted by molar-refractivity contribution is 0.0948. The normalized spacial score (nSPS) is 16.1. The summed E-state index contributed by atoms with van der Waals surface area (Å²) in [6, 6.07) is 0. The molecule has 2 N–H and O–H groups in total. The molecule has 1 aromatic heterocycles. The van der Waals surface area contributed by atoms with Gasteiger partial charge in [0.1, 0.15) is 0 Å². The van der Waals surface area contributed by atoms with E-state index in [-0.39, 0.29) is 5.91 Å². The van der Waals surface area contributed by atoms with Gasteiger partial charge in [0.2, 0.25) is 10.1 Å². The minimum atomic E-state index is -0.136. The van der Waals surface area contributed by atoms with Crippen molar-refractivity contribution in [3.63, 3.8) is 0 Å². The molecular weight excluding hydrogens is 238 g/mol. The van der Waals surface area contributed by atoms with E-state index in [4.69, 9.17) is 0 Å². The fourth-order valence-electron chi connectivity index (χ4n) is 1.83. The maximum Gasteiger partial charge on any atom is 0.282 e. The van der Waals surface area contributed by atoms with Gasteiger partial charge in [-0.15, -0.1) is 10.2 Å². The molecule has 1 amide bonds. The largest absolute Gasteiger partial charge is 0.363 e. The maximum atomic E-state index is 11.7. The van der Waals surface area contributed by atoms with E-state index in [0.717, 1.165) is 19.6 Å². The Morgan fingerprint density at radius 1 is 1.41 bits per heavy atom. The van der Waals surface area contributed by atoms with Crippen LogP contribution in [0.1, 0.15) is 22.6 Å². The first kappa shape index (κ1) is 12.3. The Kier molecular flexibility index (Phi) is 4.27. The Bertz CT molecular complexity index is 375. The maximum absolute atomic E-state index is 11.7. The summed E-state index contributed by atoms with van der Waals surface area (Å²) in [6.45, 7) is 3.90. The van der Waals surface area contributed by atoms with Crippen molar-refractivity contribution in [2.24, 2.45) is 0 Å². The molecule has 0 saturated carbocycles. The molecule has 1 saturated heterocycles. The first-order valence-electron chi connectivity index (χ1n) is 5.81. The molecule has 0 aromatic carbocycles. The number of hydrogen-bond acceptors (Lipinski definition) is 6. The highest BCUT2D eigenvalue weighted by Crippen LogP contribution is 2.13. The average Bonchev–Trinajstić information content (AvgIpc) is 2.99. The van der Waals surface area contributed by atoms with E-state index >= 15 is 0 Å². The van der Waals surface area contributed by atoms with Gasteiger partial charge in [0.25, 0.3) is 5.91 Å². The molecule has 2 heterocycles. The van der Waals surface area contributed by atoms with Crippen LogP contribution in [0.25, 0.3) is 0 Å². The molecule has 7 heteroatoms. The van der Waals surface area contributed by atoms with Crippen LogP contribution in [0.4, 0.5) is 5.13 Å². The number of hydrogen-bond donors (Lipinski definition) is 2. The molecule has 1 aliphatic rings. The Morgan fingerprint density at radius 2 is 2.18 bits per heavy atom. The van der Waals surface area contributed by atoms with Crippen LogP contribution >= 0.6 is 11.3 Å². The number of nitrogens with zero attached hydrogens (tertiary/aromatic N) is 3. The summed E-state index contributed by atoms with van der Waals surface area (Å²) in [5, 5.41) is 14.4. The van der Waals surface area contributed by atoms with Gasteiger partial charge in [-0.25, -0.2) is 0 Å². The van der Waals surface area contributed by atoms with Gasteiger partial charge < -0.3 is 15.5 Å². The molecule has 17 heavy (non-hydrogen) atoms. The Balaban J connectivity index is 1.72. The van der Waals surface area contributed by atoms with Gasteiger partial charge in [0.05, 0.1) is 0 Å². The quantitative estimate of drug-likeness (QED) is 0.797. The van der Waals surface area contributed by atoms with Crippen LogP contribution in [0.3, 0.4) is 0 Å². The third kappa shape index (κ3) is 3.37. The topological polar surface area (TPSA) is 70.1 Å². The van der Waals surface area contributed by atoms with E-state index in [1.54, 1.807) is 7.05 Å². The van der Waals surface area contributed by atoms with Crippen LogP contribution in [0.5, 0.6) is 0 Å². The van der Waals surface area contributed by atoms with Gasteiger partial charge in [0.15, 0.2) is 0 Å². The molecule has 2 rings (SSSR count). The summed E-state index contributed by atoms with van der Waals surface area (Å²) in [5.41, 5.74) is 0. The van der Waals surface area contributed by atoms with E-state index in [1.807, 2.05) is 0 Å². The number of nitrogens with one attached hydrogen (secondary N) is 2. The van der Waals surface area contributed by atoms with Crippen LogP contribution in [0.2, 0.25) is 0 Å². The SMILES string of the molecule is CNc1nnc(C(=O)NCCN2CCCC2)s1. The van der Waals surface area contributed by atoms with Gasteiger partial charge in [-0.1, -0.05) is 11.3 Å². The standard InChI is InChI=1S/C10H17N5OS/c1-11-10-14-13-9(17-10)8(16)12-4-7-15-5-2-3-6-15/h2-7H2,1H3,(H,11,14)(H,12,16). The molecule has 0 radical (unpaired) electrons. The Labute approximate surface area is 104 Å². The molecule has 1 aromatic rings. The lowest BCUT2D eigenvalue weighted by atomic mass is 10.4. The zero-order chi connectivity index (χ0) is 12.1. The number of anilines is 1. The molecule has 94 valence electrons. The van der Waals surface area contributed by atoms with E-state index in [9.17, 15) is 4.79 Å². The van der Waals surface area contributed by atoms with Crippen LogP contribution in [0.15, 0.2) is 0 Å². The van der Waals surface area contributed by atoms with Gasteiger partial charge in [-0.2, -0.15) is 0 Å². The van der Waals surface area contributed by atoms with Crippen molar-refractivity contribution < 1.29 is 4.79 Å². The average molecular weight is 255 g/mol. The van der Waals surface area contributed by atoms with Crippen LogP contribution in [-0.4, -0.2) is 54.2 Å². The molecule has 0 bridgehead atoms. The molecule has 1 fully saturated rings. The summed E-state index contributed by atoms with van der Waals surface area (Å²) >= 11 is 1.26. The molecule has 0 aliphatic carbocycles. The van der Waals surface area contributed by atoms with Gasteiger partial charge >= 0.3 is 0 Å². The lowest BCUT2D eigenvalue weighted by Gasteiger charge is -2.13. The van der Waals surface area contributed by atoms with Crippen molar-refractivity contribution >= 4 is 22.4 Å². The van der Waals surface area contributed by atoms with E-state index in [1.165, 1.54) is 24.2 Å². The second kappa shape index (κ2) is 5.92. The minimum absolute atomic E-state index is 0.136. The third-order valence-electron chi connectivity index (χ3n) is 2.75. The number of amides is 1. The zero-order valence-corrected chi connectivity index (χ0v) is 10.7. The first-order valence-corrected chi connectivity index (χ1v) is 6.63. The van der Waals surface area contributed by atoms with E-state index in [2.05, 4.69) is 25.7 Å². The van der Waals surface area contributed by atoms with Gasteiger partial charge in [-0.3, -0.25) is 4.79 Å². The smallest absolute Gasteiger partial charge is 0.282 e. The zero-order valence-electron chi connectivity index (χ0n) is 9.90. The number of rotatable bonds is 5.